The van der Waals surface area contributed by atoms with Gasteiger partial charge in [-0.25, -0.2) is 0 Å². The first-order valence-corrected chi connectivity index (χ1v) is 7.40. The van der Waals surface area contributed by atoms with Crippen LogP contribution >= 0.6 is 0 Å². The third-order valence-corrected chi connectivity index (χ3v) is 3.98. The van der Waals surface area contributed by atoms with Gasteiger partial charge in [-0.1, -0.05) is 30.3 Å². The summed E-state index contributed by atoms with van der Waals surface area (Å²) in [6.07, 6.45) is 3.78. The van der Waals surface area contributed by atoms with Crippen molar-refractivity contribution >= 4 is 22.3 Å². The van der Waals surface area contributed by atoms with Gasteiger partial charge in [0.2, 0.25) is 0 Å². The number of aromatic nitrogens is 1. The van der Waals surface area contributed by atoms with Crippen molar-refractivity contribution in [2.24, 2.45) is 7.05 Å². The Balaban J connectivity index is 2.21. The monoisotopic (exact) mass is 289 g/mol. The largest absolute Gasteiger partial charge is 0.351 e. The van der Waals surface area contributed by atoms with Crippen molar-refractivity contribution in [1.82, 2.24) is 4.57 Å². The Morgan fingerprint density at radius 3 is 2.59 bits per heavy atom. The number of benzene rings is 2. The van der Waals surface area contributed by atoms with E-state index in [1.54, 1.807) is 13.0 Å². The number of hydrogen-bond donors (Lipinski definition) is 0. The molecule has 0 aliphatic rings. The Morgan fingerprint density at radius 2 is 1.86 bits per heavy atom. The molecule has 0 aliphatic carbocycles. The lowest BCUT2D eigenvalue weighted by atomic mass is 9.93. The molecule has 0 spiro atoms. The molecule has 0 unspecified atom stereocenters. The number of hydrogen-bond acceptors (Lipinski definition) is 1. The summed E-state index contributed by atoms with van der Waals surface area (Å²) in [5.41, 5.74) is 5.52. The van der Waals surface area contributed by atoms with E-state index >= 15 is 0 Å². The lowest BCUT2D eigenvalue weighted by Crippen LogP contribution is -1.95. The molecule has 3 rings (SSSR count). The molecule has 2 heteroatoms. The van der Waals surface area contributed by atoms with Gasteiger partial charge in [0.1, 0.15) is 0 Å². The van der Waals surface area contributed by atoms with Crippen LogP contribution < -0.4 is 0 Å². The zero-order valence-corrected chi connectivity index (χ0v) is 13.1. The van der Waals surface area contributed by atoms with E-state index in [1.165, 1.54) is 16.5 Å². The van der Waals surface area contributed by atoms with Gasteiger partial charge in [0.15, 0.2) is 5.78 Å². The molecule has 0 fully saturated rings. The predicted molar refractivity (Wildman–Crippen MR) is 91.9 cm³/mol. The second-order valence-electron chi connectivity index (χ2n) is 5.68. The van der Waals surface area contributed by atoms with Crippen LogP contribution in [-0.4, -0.2) is 10.4 Å². The van der Waals surface area contributed by atoms with Crippen LogP contribution in [-0.2, 0) is 11.8 Å². The van der Waals surface area contributed by atoms with Crippen LogP contribution in [0.5, 0.6) is 0 Å². The maximum atomic E-state index is 11.7. The molecule has 0 amide bonds. The maximum absolute atomic E-state index is 11.7. The Bertz CT molecular complexity index is 884. The number of carbonyl (C=O) groups excluding carboxylic acids is 1. The normalized spacial score (nSPS) is 11.9. The van der Waals surface area contributed by atoms with E-state index < -0.39 is 0 Å². The molecule has 0 radical (unpaired) electrons. The van der Waals surface area contributed by atoms with E-state index in [4.69, 9.17) is 0 Å². The van der Waals surface area contributed by atoms with Gasteiger partial charge in [0.05, 0.1) is 0 Å². The summed E-state index contributed by atoms with van der Waals surface area (Å²) in [5.74, 6) is 0.0615. The van der Waals surface area contributed by atoms with E-state index in [1.807, 2.05) is 19.2 Å². The molecule has 0 atom stereocenters. The van der Waals surface area contributed by atoms with E-state index in [0.717, 1.165) is 16.7 Å². The van der Waals surface area contributed by atoms with Crippen LogP contribution in [0.3, 0.4) is 0 Å². The van der Waals surface area contributed by atoms with Gasteiger partial charge >= 0.3 is 0 Å². The highest BCUT2D eigenvalue weighted by molar-refractivity contribution is 6.00. The van der Waals surface area contributed by atoms with E-state index in [2.05, 4.69) is 54.1 Å². The summed E-state index contributed by atoms with van der Waals surface area (Å²) in [6, 6.07) is 16.6. The number of rotatable bonds is 3. The summed E-state index contributed by atoms with van der Waals surface area (Å²) in [6.45, 7) is 3.67. The number of carbonyl (C=O) groups is 1. The van der Waals surface area contributed by atoms with Crippen LogP contribution in [0.2, 0.25) is 0 Å². The van der Waals surface area contributed by atoms with Gasteiger partial charge in [0, 0.05) is 24.1 Å². The lowest BCUT2D eigenvalue weighted by molar-refractivity contribution is -0.112. The molecule has 0 aliphatic heterocycles. The van der Waals surface area contributed by atoms with Gasteiger partial charge in [-0.15, -0.1) is 0 Å². The fraction of sp³-hybridized carbons (Fsp3) is 0.150. The molecule has 2 nitrogen and oxygen atoms in total. The molecule has 3 aromatic rings. The minimum Gasteiger partial charge on any atom is -0.351 e. The third-order valence-electron chi connectivity index (χ3n) is 3.98. The fourth-order valence-electron chi connectivity index (χ4n) is 2.84. The summed E-state index contributed by atoms with van der Waals surface area (Å²) in [4.78, 5) is 11.7. The molecule has 2 aromatic carbocycles. The fourth-order valence-corrected chi connectivity index (χ4v) is 2.84. The Hall–Kier alpha value is -2.61. The van der Waals surface area contributed by atoms with E-state index in [9.17, 15) is 4.79 Å². The minimum absolute atomic E-state index is 0.0615. The average Bonchev–Trinajstić information content (AvgIpc) is 2.86. The van der Waals surface area contributed by atoms with Gasteiger partial charge < -0.3 is 4.57 Å². The van der Waals surface area contributed by atoms with Crippen molar-refractivity contribution < 1.29 is 4.79 Å². The standard InChI is InChI=1S/C20H19NO/c1-14-6-4-5-7-18(14)19(12-15(2)22)16-8-9-20-17(13-16)10-11-21(20)3/h4-13H,1-3H3. The highest BCUT2D eigenvalue weighted by Crippen LogP contribution is 2.29. The first-order valence-electron chi connectivity index (χ1n) is 7.40. The molecular weight excluding hydrogens is 270 g/mol. The van der Waals surface area contributed by atoms with Crippen molar-refractivity contribution in [3.63, 3.8) is 0 Å². The quantitative estimate of drug-likeness (QED) is 0.650. The number of nitrogens with zero attached hydrogens (tertiary/aromatic N) is 1. The smallest absolute Gasteiger partial charge is 0.153 e. The number of ketones is 1. The van der Waals surface area contributed by atoms with Crippen LogP contribution in [0.25, 0.3) is 16.5 Å². The molecule has 0 bridgehead atoms. The van der Waals surface area contributed by atoms with Gasteiger partial charge in [0.25, 0.3) is 0 Å². The SMILES string of the molecule is CC(=O)C=C(c1ccc2c(ccn2C)c1)c1ccccc1C. The minimum atomic E-state index is 0.0615. The first-order chi connectivity index (χ1) is 10.6. The molecule has 0 saturated heterocycles. The Kier molecular flexibility index (Phi) is 3.68. The molecular formula is C20H19NO. The van der Waals surface area contributed by atoms with Gasteiger partial charge in [-0.05, 0) is 60.4 Å². The maximum Gasteiger partial charge on any atom is 0.153 e. The highest BCUT2D eigenvalue weighted by atomic mass is 16.1. The van der Waals surface area contributed by atoms with Crippen molar-refractivity contribution in [3.05, 3.63) is 77.5 Å². The van der Waals surface area contributed by atoms with Crippen molar-refractivity contribution in [2.45, 2.75) is 13.8 Å². The lowest BCUT2D eigenvalue weighted by Gasteiger charge is -2.11. The molecule has 0 N–H and O–H groups in total. The second-order valence-corrected chi connectivity index (χ2v) is 5.68. The molecule has 22 heavy (non-hydrogen) atoms. The van der Waals surface area contributed by atoms with Crippen molar-refractivity contribution in [2.75, 3.05) is 0 Å². The third kappa shape index (κ3) is 2.60. The van der Waals surface area contributed by atoms with Crippen molar-refractivity contribution in [3.8, 4) is 0 Å². The summed E-state index contributed by atoms with van der Waals surface area (Å²) >= 11 is 0. The number of allylic oxidation sites excluding steroid dienone is 1. The topological polar surface area (TPSA) is 22.0 Å². The number of aryl methyl sites for hydroxylation is 2. The van der Waals surface area contributed by atoms with Gasteiger partial charge in [-0.3, -0.25) is 4.79 Å². The summed E-state index contributed by atoms with van der Waals surface area (Å²) in [5, 5.41) is 1.18. The first kappa shape index (κ1) is 14.3. The summed E-state index contributed by atoms with van der Waals surface area (Å²) in [7, 11) is 2.04. The molecule has 0 saturated carbocycles. The van der Waals surface area contributed by atoms with Crippen LogP contribution in [0.1, 0.15) is 23.6 Å². The Morgan fingerprint density at radius 1 is 1.09 bits per heavy atom. The second kappa shape index (κ2) is 5.64. The van der Waals surface area contributed by atoms with Gasteiger partial charge in [-0.2, -0.15) is 0 Å². The zero-order valence-electron chi connectivity index (χ0n) is 13.1. The Labute approximate surface area is 130 Å². The predicted octanol–water partition coefficient (Wildman–Crippen LogP) is 4.51. The van der Waals surface area contributed by atoms with Crippen molar-refractivity contribution in [1.29, 1.82) is 0 Å². The average molecular weight is 289 g/mol. The van der Waals surface area contributed by atoms with E-state index in [-0.39, 0.29) is 5.78 Å². The molecule has 1 heterocycles. The molecule has 110 valence electrons. The zero-order chi connectivity index (χ0) is 15.7. The van der Waals surface area contributed by atoms with Crippen LogP contribution in [0, 0.1) is 6.92 Å². The highest BCUT2D eigenvalue weighted by Gasteiger charge is 2.10. The number of fused-ring (bicyclic) bond motifs is 1. The van der Waals surface area contributed by atoms with Crippen LogP contribution in [0.4, 0.5) is 0 Å². The van der Waals surface area contributed by atoms with E-state index in [0.29, 0.717) is 0 Å². The van der Waals surface area contributed by atoms with Crippen LogP contribution in [0.15, 0.2) is 60.8 Å². The summed E-state index contributed by atoms with van der Waals surface area (Å²) < 4.78 is 2.10. The molecule has 1 aromatic heterocycles.